The van der Waals surface area contributed by atoms with Crippen LogP contribution in [-0.4, -0.2) is 51.6 Å². The molecule has 2 heterocycles. The standard InChI is InChI=1S/C22H26N4O3/c1-14(16-7-8-18-19(11-16)25-22(29)24-18)21(28)23-20(15-5-3-2-4-6-15)13-26-10-9-17(27)12-26/h2-8,11,14,17,20,27H,9-10,12-13H2,1H3,(H,23,28)(H2,24,25,29)/t14?,17?,20-/m1/s1. The molecule has 1 aromatic heterocycles. The van der Waals surface area contributed by atoms with Gasteiger partial charge in [-0.2, -0.15) is 0 Å². The number of aliphatic hydroxyl groups is 1. The van der Waals surface area contributed by atoms with E-state index >= 15 is 0 Å². The van der Waals surface area contributed by atoms with Crippen LogP contribution in [0.1, 0.15) is 36.4 Å². The molecule has 1 aliphatic rings. The molecular formula is C22H26N4O3. The maximum atomic E-state index is 13.0. The number of likely N-dealkylation sites (tertiary alicyclic amines) is 1. The van der Waals surface area contributed by atoms with Crippen LogP contribution in [-0.2, 0) is 4.79 Å². The summed E-state index contributed by atoms with van der Waals surface area (Å²) >= 11 is 0. The first-order valence-corrected chi connectivity index (χ1v) is 9.97. The highest BCUT2D eigenvalue weighted by Gasteiger charge is 2.26. The van der Waals surface area contributed by atoms with Gasteiger partial charge in [-0.05, 0) is 36.6 Å². The number of fused-ring (bicyclic) bond motifs is 1. The third-order valence-electron chi connectivity index (χ3n) is 5.64. The highest BCUT2D eigenvalue weighted by Crippen LogP contribution is 2.22. The van der Waals surface area contributed by atoms with E-state index in [0.29, 0.717) is 18.6 Å². The van der Waals surface area contributed by atoms with Gasteiger partial charge in [-0.3, -0.25) is 9.69 Å². The molecule has 7 nitrogen and oxygen atoms in total. The number of amides is 1. The number of aromatic nitrogens is 2. The lowest BCUT2D eigenvalue weighted by Crippen LogP contribution is -2.39. The second-order valence-corrected chi connectivity index (χ2v) is 7.78. The highest BCUT2D eigenvalue weighted by molar-refractivity contribution is 5.85. The minimum atomic E-state index is -0.367. The number of hydrogen-bond acceptors (Lipinski definition) is 4. The van der Waals surface area contributed by atoms with Gasteiger partial charge in [-0.15, -0.1) is 0 Å². The molecule has 1 aliphatic heterocycles. The number of aliphatic hydroxyl groups excluding tert-OH is 1. The molecule has 0 radical (unpaired) electrons. The fourth-order valence-electron chi connectivity index (χ4n) is 3.92. The lowest BCUT2D eigenvalue weighted by Gasteiger charge is -2.26. The molecule has 4 rings (SSSR count). The zero-order valence-corrected chi connectivity index (χ0v) is 16.4. The molecule has 1 fully saturated rings. The predicted octanol–water partition coefficient (Wildman–Crippen LogP) is 1.88. The molecule has 1 saturated heterocycles. The summed E-state index contributed by atoms with van der Waals surface area (Å²) in [6.07, 6.45) is 0.470. The summed E-state index contributed by atoms with van der Waals surface area (Å²) in [5, 5.41) is 13.0. The van der Waals surface area contributed by atoms with Crippen LogP contribution in [0, 0.1) is 0 Å². The van der Waals surface area contributed by atoms with E-state index in [4.69, 9.17) is 0 Å². The highest BCUT2D eigenvalue weighted by atomic mass is 16.3. The number of aromatic amines is 2. The van der Waals surface area contributed by atoms with Crippen LogP contribution < -0.4 is 11.0 Å². The third-order valence-corrected chi connectivity index (χ3v) is 5.64. The van der Waals surface area contributed by atoms with E-state index in [1.54, 1.807) is 0 Å². The number of imidazole rings is 1. The number of H-pyrrole nitrogens is 2. The fraction of sp³-hybridized carbons (Fsp3) is 0.364. The molecule has 3 atom stereocenters. The Morgan fingerprint density at radius 1 is 1.17 bits per heavy atom. The summed E-state index contributed by atoms with van der Waals surface area (Å²) in [6, 6.07) is 15.3. The Morgan fingerprint density at radius 2 is 1.93 bits per heavy atom. The first-order valence-electron chi connectivity index (χ1n) is 9.97. The summed E-state index contributed by atoms with van der Waals surface area (Å²) in [5.41, 5.74) is 3.04. The Kier molecular flexibility index (Phi) is 5.51. The van der Waals surface area contributed by atoms with Gasteiger partial charge >= 0.3 is 5.69 Å². The molecule has 2 unspecified atom stereocenters. The van der Waals surface area contributed by atoms with Crippen LogP contribution in [0.4, 0.5) is 0 Å². The molecule has 1 amide bonds. The quantitative estimate of drug-likeness (QED) is 0.513. The molecule has 0 spiro atoms. The molecule has 0 aliphatic carbocycles. The summed E-state index contributed by atoms with van der Waals surface area (Å²) in [7, 11) is 0. The van der Waals surface area contributed by atoms with E-state index in [0.717, 1.165) is 29.6 Å². The van der Waals surface area contributed by atoms with Crippen molar-refractivity contribution in [2.75, 3.05) is 19.6 Å². The van der Waals surface area contributed by atoms with Crippen molar-refractivity contribution in [3.8, 4) is 0 Å². The second kappa shape index (κ2) is 8.23. The lowest BCUT2D eigenvalue weighted by molar-refractivity contribution is -0.123. The summed E-state index contributed by atoms with van der Waals surface area (Å²) in [6.45, 7) is 3.98. The molecule has 152 valence electrons. The fourth-order valence-corrected chi connectivity index (χ4v) is 3.92. The van der Waals surface area contributed by atoms with Gasteiger partial charge in [0.15, 0.2) is 0 Å². The second-order valence-electron chi connectivity index (χ2n) is 7.78. The van der Waals surface area contributed by atoms with Gasteiger partial charge in [-0.1, -0.05) is 36.4 Å². The summed E-state index contributed by atoms with van der Waals surface area (Å²) in [5.74, 6) is -0.441. The van der Waals surface area contributed by atoms with Crippen LogP contribution in [0.15, 0.2) is 53.3 Å². The van der Waals surface area contributed by atoms with Crippen molar-refractivity contribution < 1.29 is 9.90 Å². The van der Waals surface area contributed by atoms with E-state index in [1.807, 2.05) is 55.5 Å². The SMILES string of the molecule is CC(C(=O)N[C@H](CN1CCC(O)C1)c1ccccc1)c1ccc2[nH]c(=O)[nH]c2c1. The topological polar surface area (TPSA) is 101 Å². The van der Waals surface area contributed by atoms with Crippen molar-refractivity contribution in [2.24, 2.45) is 0 Å². The normalized spacial score (nSPS) is 19.3. The van der Waals surface area contributed by atoms with Crippen molar-refractivity contribution in [1.29, 1.82) is 0 Å². The van der Waals surface area contributed by atoms with Crippen molar-refractivity contribution in [3.63, 3.8) is 0 Å². The van der Waals surface area contributed by atoms with Gasteiger partial charge < -0.3 is 20.4 Å². The van der Waals surface area contributed by atoms with Crippen LogP contribution in [0.5, 0.6) is 0 Å². The molecule has 0 saturated carbocycles. The Hall–Kier alpha value is -2.90. The lowest BCUT2D eigenvalue weighted by atomic mass is 9.98. The van der Waals surface area contributed by atoms with Crippen LogP contribution >= 0.6 is 0 Å². The van der Waals surface area contributed by atoms with Gasteiger partial charge in [-0.25, -0.2) is 4.79 Å². The molecule has 2 aromatic carbocycles. The van der Waals surface area contributed by atoms with Gasteiger partial charge in [0.1, 0.15) is 0 Å². The number of nitrogens with one attached hydrogen (secondary N) is 3. The number of benzene rings is 2. The predicted molar refractivity (Wildman–Crippen MR) is 112 cm³/mol. The Labute approximate surface area is 168 Å². The Morgan fingerprint density at radius 3 is 2.66 bits per heavy atom. The maximum absolute atomic E-state index is 13.0. The van der Waals surface area contributed by atoms with Gasteiger partial charge in [0.25, 0.3) is 0 Å². The summed E-state index contributed by atoms with van der Waals surface area (Å²) < 4.78 is 0. The number of β-amino-alcohol motifs (C(OH)–C–C–N with tert-alkyl or cyclic N) is 1. The zero-order valence-electron chi connectivity index (χ0n) is 16.4. The largest absolute Gasteiger partial charge is 0.392 e. The summed E-state index contributed by atoms with van der Waals surface area (Å²) in [4.78, 5) is 32.2. The average Bonchev–Trinajstić information content (AvgIpc) is 3.30. The minimum Gasteiger partial charge on any atom is -0.392 e. The van der Waals surface area contributed by atoms with E-state index in [2.05, 4.69) is 20.2 Å². The maximum Gasteiger partial charge on any atom is 0.323 e. The van der Waals surface area contributed by atoms with E-state index in [-0.39, 0.29) is 29.7 Å². The number of nitrogens with zero attached hydrogens (tertiary/aromatic N) is 1. The molecule has 7 heteroatoms. The average molecular weight is 394 g/mol. The monoisotopic (exact) mass is 394 g/mol. The van der Waals surface area contributed by atoms with Crippen LogP contribution in [0.2, 0.25) is 0 Å². The number of rotatable bonds is 6. The first kappa shape index (κ1) is 19.4. The van der Waals surface area contributed by atoms with E-state index < -0.39 is 0 Å². The van der Waals surface area contributed by atoms with Crippen molar-refractivity contribution in [3.05, 3.63) is 70.1 Å². The zero-order chi connectivity index (χ0) is 20.4. The Bertz CT molecular complexity index is 1040. The van der Waals surface area contributed by atoms with Crippen LogP contribution in [0.25, 0.3) is 11.0 Å². The number of carbonyl (C=O) groups is 1. The van der Waals surface area contributed by atoms with E-state index in [9.17, 15) is 14.7 Å². The number of hydrogen-bond donors (Lipinski definition) is 4. The van der Waals surface area contributed by atoms with Gasteiger partial charge in [0.2, 0.25) is 5.91 Å². The molecule has 3 aromatic rings. The van der Waals surface area contributed by atoms with Crippen LogP contribution in [0.3, 0.4) is 0 Å². The minimum absolute atomic E-state index is 0.0733. The van der Waals surface area contributed by atoms with Crippen molar-refractivity contribution >= 4 is 16.9 Å². The molecule has 0 bridgehead atoms. The third kappa shape index (κ3) is 4.41. The Balaban J connectivity index is 1.52. The number of carbonyl (C=O) groups excluding carboxylic acids is 1. The van der Waals surface area contributed by atoms with Crippen molar-refractivity contribution in [1.82, 2.24) is 20.2 Å². The molecular weight excluding hydrogens is 368 g/mol. The molecule has 4 N–H and O–H groups in total. The van der Waals surface area contributed by atoms with E-state index in [1.165, 1.54) is 0 Å². The smallest absolute Gasteiger partial charge is 0.323 e. The van der Waals surface area contributed by atoms with Gasteiger partial charge in [0, 0.05) is 19.6 Å². The molecule has 29 heavy (non-hydrogen) atoms. The van der Waals surface area contributed by atoms with Crippen molar-refractivity contribution in [2.45, 2.75) is 31.4 Å². The van der Waals surface area contributed by atoms with Gasteiger partial charge in [0.05, 0.1) is 29.1 Å². The first-order chi connectivity index (χ1) is 14.0.